The van der Waals surface area contributed by atoms with Gasteiger partial charge in [-0.2, -0.15) is 0 Å². The summed E-state index contributed by atoms with van der Waals surface area (Å²) in [6, 6.07) is 10.5. The van der Waals surface area contributed by atoms with Crippen molar-refractivity contribution >= 4 is 15.7 Å². The zero-order chi connectivity index (χ0) is 18.2. The van der Waals surface area contributed by atoms with Gasteiger partial charge in [-0.3, -0.25) is 4.31 Å². The third-order valence-electron chi connectivity index (χ3n) is 3.59. The molecule has 2 aromatic carbocycles. The van der Waals surface area contributed by atoms with Crippen LogP contribution in [0.1, 0.15) is 6.92 Å². The molecule has 1 heterocycles. The van der Waals surface area contributed by atoms with Crippen LogP contribution in [0, 0.1) is 0 Å². The summed E-state index contributed by atoms with van der Waals surface area (Å²) in [7, 11) is -4.30. The summed E-state index contributed by atoms with van der Waals surface area (Å²) < 4.78 is 74.5. The fourth-order valence-corrected chi connectivity index (χ4v) is 4.39. The van der Waals surface area contributed by atoms with Gasteiger partial charge in [0.1, 0.15) is 23.0 Å². The van der Waals surface area contributed by atoms with E-state index in [0.717, 1.165) is 16.4 Å². The average Bonchev–Trinajstić information content (AvgIpc) is 2.53. The standard InChI is InChI=1S/C16H14F3NO4S/c1-11-10-23-13-7-3-2-6-12(13)20(11)25(21,22)15-9-5-4-8-14(15)24-16(17,18)19/h2-9,11H,10H2,1H3/t11-/m1/s1. The van der Waals surface area contributed by atoms with Crippen LogP contribution in [0.2, 0.25) is 0 Å². The van der Waals surface area contributed by atoms with Crippen molar-refractivity contribution in [2.24, 2.45) is 0 Å². The first-order valence-corrected chi connectivity index (χ1v) is 8.75. The van der Waals surface area contributed by atoms with E-state index in [0.29, 0.717) is 5.75 Å². The van der Waals surface area contributed by atoms with Gasteiger partial charge in [0.15, 0.2) is 0 Å². The van der Waals surface area contributed by atoms with Crippen LogP contribution in [-0.2, 0) is 10.0 Å². The smallest absolute Gasteiger partial charge is 0.489 e. The van der Waals surface area contributed by atoms with E-state index in [1.54, 1.807) is 25.1 Å². The van der Waals surface area contributed by atoms with E-state index in [1.165, 1.54) is 18.2 Å². The first-order chi connectivity index (χ1) is 11.7. The molecule has 3 rings (SSSR count). The molecule has 25 heavy (non-hydrogen) atoms. The Balaban J connectivity index is 2.12. The Hall–Kier alpha value is -2.42. The maximum atomic E-state index is 13.1. The number of alkyl halides is 3. The normalized spacial score (nSPS) is 17.6. The Morgan fingerprint density at radius 3 is 2.48 bits per heavy atom. The van der Waals surface area contributed by atoms with Gasteiger partial charge in [-0.15, -0.1) is 13.2 Å². The van der Waals surface area contributed by atoms with Gasteiger partial charge in [0.2, 0.25) is 0 Å². The summed E-state index contributed by atoms with van der Waals surface area (Å²) in [5.41, 5.74) is 0.267. The Labute approximate surface area is 142 Å². The predicted molar refractivity (Wildman–Crippen MR) is 84.2 cm³/mol. The van der Waals surface area contributed by atoms with E-state index in [2.05, 4.69) is 4.74 Å². The van der Waals surface area contributed by atoms with Crippen molar-refractivity contribution in [3.8, 4) is 11.5 Å². The monoisotopic (exact) mass is 373 g/mol. The molecule has 0 aromatic heterocycles. The lowest BCUT2D eigenvalue weighted by Crippen LogP contribution is -2.45. The Bertz CT molecular complexity index is 883. The van der Waals surface area contributed by atoms with Crippen LogP contribution < -0.4 is 13.8 Å². The minimum absolute atomic E-state index is 0.0819. The van der Waals surface area contributed by atoms with Crippen molar-refractivity contribution in [2.45, 2.75) is 24.2 Å². The lowest BCUT2D eigenvalue weighted by Gasteiger charge is -2.35. The van der Waals surface area contributed by atoms with E-state index in [9.17, 15) is 21.6 Å². The summed E-state index contributed by atoms with van der Waals surface area (Å²) >= 11 is 0. The van der Waals surface area contributed by atoms with Gasteiger partial charge in [-0.25, -0.2) is 8.42 Å². The highest BCUT2D eigenvalue weighted by Crippen LogP contribution is 2.40. The summed E-state index contributed by atoms with van der Waals surface area (Å²) in [4.78, 5) is -0.559. The van der Waals surface area contributed by atoms with E-state index < -0.39 is 33.1 Å². The lowest BCUT2D eigenvalue weighted by molar-refractivity contribution is -0.275. The molecule has 2 aromatic rings. The zero-order valence-corrected chi connectivity index (χ0v) is 13.8. The molecule has 5 nitrogen and oxygen atoms in total. The van der Waals surface area contributed by atoms with Crippen molar-refractivity contribution in [1.82, 2.24) is 0 Å². The molecular weight excluding hydrogens is 359 g/mol. The largest absolute Gasteiger partial charge is 0.573 e. The van der Waals surface area contributed by atoms with E-state index in [1.807, 2.05) is 0 Å². The minimum atomic E-state index is -5.00. The second kappa shape index (κ2) is 6.14. The van der Waals surface area contributed by atoms with Gasteiger partial charge in [-0.1, -0.05) is 24.3 Å². The third kappa shape index (κ3) is 3.37. The van der Waals surface area contributed by atoms with Crippen LogP contribution in [0.15, 0.2) is 53.4 Å². The Kier molecular flexibility index (Phi) is 4.28. The van der Waals surface area contributed by atoms with Gasteiger partial charge in [0.05, 0.1) is 11.7 Å². The second-order valence-electron chi connectivity index (χ2n) is 5.42. The Morgan fingerprint density at radius 1 is 1.12 bits per heavy atom. The number of fused-ring (bicyclic) bond motifs is 1. The van der Waals surface area contributed by atoms with Crippen LogP contribution >= 0.6 is 0 Å². The number of nitrogens with zero attached hydrogens (tertiary/aromatic N) is 1. The van der Waals surface area contributed by atoms with Gasteiger partial charge in [0.25, 0.3) is 10.0 Å². The van der Waals surface area contributed by atoms with Crippen LogP contribution in [0.5, 0.6) is 11.5 Å². The first kappa shape index (κ1) is 17.4. The number of benzene rings is 2. The molecular formula is C16H14F3NO4S. The van der Waals surface area contributed by atoms with Crippen LogP contribution in [0.3, 0.4) is 0 Å². The molecule has 9 heteroatoms. The predicted octanol–water partition coefficient (Wildman–Crippen LogP) is 3.56. The van der Waals surface area contributed by atoms with Crippen LogP contribution in [0.25, 0.3) is 0 Å². The molecule has 0 saturated heterocycles. The molecule has 1 aliphatic rings. The number of sulfonamides is 1. The van der Waals surface area contributed by atoms with Crippen LogP contribution in [-0.4, -0.2) is 27.4 Å². The van der Waals surface area contributed by atoms with Crippen molar-refractivity contribution < 1.29 is 31.1 Å². The first-order valence-electron chi connectivity index (χ1n) is 7.31. The molecule has 0 bridgehead atoms. The molecule has 0 unspecified atom stereocenters. The van der Waals surface area contributed by atoms with Gasteiger partial charge >= 0.3 is 6.36 Å². The summed E-state index contributed by atoms with van der Waals surface area (Å²) in [5, 5.41) is 0. The zero-order valence-electron chi connectivity index (χ0n) is 13.0. The van der Waals surface area contributed by atoms with Crippen LogP contribution in [0.4, 0.5) is 18.9 Å². The number of halogens is 3. The van der Waals surface area contributed by atoms with E-state index >= 15 is 0 Å². The molecule has 0 amide bonds. The molecule has 0 N–H and O–H groups in total. The lowest BCUT2D eigenvalue weighted by atomic mass is 10.2. The van der Waals surface area contributed by atoms with Gasteiger partial charge < -0.3 is 9.47 Å². The molecule has 0 fully saturated rings. The maximum absolute atomic E-state index is 13.1. The summed E-state index contributed by atoms with van der Waals surface area (Å²) in [6.45, 7) is 1.69. The molecule has 0 saturated carbocycles. The highest BCUT2D eigenvalue weighted by Gasteiger charge is 2.39. The molecule has 0 radical (unpaired) electrons. The number of hydrogen-bond donors (Lipinski definition) is 0. The van der Waals surface area contributed by atoms with Crippen molar-refractivity contribution in [3.05, 3.63) is 48.5 Å². The quantitative estimate of drug-likeness (QED) is 0.826. The fraction of sp³-hybridized carbons (Fsp3) is 0.250. The average molecular weight is 373 g/mol. The summed E-state index contributed by atoms with van der Waals surface area (Å²) in [6.07, 6.45) is -5.00. The van der Waals surface area contributed by atoms with Crippen molar-refractivity contribution in [2.75, 3.05) is 10.9 Å². The van der Waals surface area contributed by atoms with Crippen molar-refractivity contribution in [1.29, 1.82) is 0 Å². The molecule has 1 atom stereocenters. The van der Waals surface area contributed by atoms with Gasteiger partial charge in [0, 0.05) is 0 Å². The third-order valence-corrected chi connectivity index (χ3v) is 5.56. The van der Waals surface area contributed by atoms with E-state index in [-0.39, 0.29) is 12.3 Å². The molecule has 0 spiro atoms. The molecule has 134 valence electrons. The Morgan fingerprint density at radius 2 is 1.76 bits per heavy atom. The number of rotatable bonds is 3. The highest BCUT2D eigenvalue weighted by molar-refractivity contribution is 7.93. The van der Waals surface area contributed by atoms with Crippen molar-refractivity contribution in [3.63, 3.8) is 0 Å². The number of hydrogen-bond acceptors (Lipinski definition) is 4. The molecule has 0 aliphatic carbocycles. The SMILES string of the molecule is C[C@@H]1COc2ccccc2N1S(=O)(=O)c1ccccc1OC(F)(F)F. The minimum Gasteiger partial charge on any atom is -0.489 e. The molecule has 1 aliphatic heterocycles. The van der Waals surface area contributed by atoms with Gasteiger partial charge in [-0.05, 0) is 31.2 Å². The number of anilines is 1. The van der Waals surface area contributed by atoms with E-state index in [4.69, 9.17) is 4.74 Å². The number of ether oxygens (including phenoxy) is 2. The fourth-order valence-electron chi connectivity index (χ4n) is 2.62. The maximum Gasteiger partial charge on any atom is 0.573 e. The topological polar surface area (TPSA) is 55.8 Å². The second-order valence-corrected chi connectivity index (χ2v) is 7.21. The highest BCUT2D eigenvalue weighted by atomic mass is 32.2. The summed E-state index contributed by atoms with van der Waals surface area (Å²) in [5.74, 6) is -0.426. The number of para-hydroxylation sites is 3.